The number of rotatable bonds is 2. The van der Waals surface area contributed by atoms with Crippen LogP contribution in [0.4, 0.5) is 0 Å². The molecule has 106 valence electrons. The lowest BCUT2D eigenvalue weighted by molar-refractivity contribution is 0.0923. The predicted octanol–water partition coefficient (Wildman–Crippen LogP) is 2.31. The topological polar surface area (TPSA) is 55.1 Å². The summed E-state index contributed by atoms with van der Waals surface area (Å²) in [5.41, 5.74) is 6.91. The minimum Gasteiger partial charge on any atom is -0.349 e. The number of carbonyl (C=O) groups is 1. The summed E-state index contributed by atoms with van der Waals surface area (Å²) >= 11 is 0. The molecule has 1 aromatic carbocycles. The van der Waals surface area contributed by atoms with Gasteiger partial charge in [-0.1, -0.05) is 18.8 Å². The van der Waals surface area contributed by atoms with Gasteiger partial charge in [-0.3, -0.25) is 4.79 Å². The Morgan fingerprint density at radius 2 is 1.90 bits per heavy atom. The fourth-order valence-electron chi connectivity index (χ4n) is 2.53. The van der Waals surface area contributed by atoms with Crippen LogP contribution in [0, 0.1) is 17.8 Å². The molecule has 3 N–H and O–H groups in total. The third-order valence-electron chi connectivity index (χ3n) is 3.83. The molecule has 0 spiro atoms. The van der Waals surface area contributed by atoms with Gasteiger partial charge in [0, 0.05) is 17.2 Å². The second-order valence-corrected chi connectivity index (χ2v) is 5.51. The van der Waals surface area contributed by atoms with Crippen LogP contribution >= 0.6 is 0 Å². The van der Waals surface area contributed by atoms with Crippen LogP contribution in [-0.2, 0) is 0 Å². The molecular weight excluding hydrogens is 248 g/mol. The molecule has 1 aliphatic rings. The molecule has 0 saturated heterocycles. The normalized spacial score (nSPS) is 21.7. The second kappa shape index (κ2) is 7.12. The maximum absolute atomic E-state index is 12.2. The van der Waals surface area contributed by atoms with Crippen molar-refractivity contribution >= 4 is 5.91 Å². The van der Waals surface area contributed by atoms with E-state index in [1.807, 2.05) is 24.3 Å². The van der Waals surface area contributed by atoms with E-state index in [1.165, 1.54) is 12.8 Å². The van der Waals surface area contributed by atoms with E-state index in [1.54, 1.807) is 0 Å². The molecule has 3 nitrogen and oxygen atoms in total. The van der Waals surface area contributed by atoms with Crippen molar-refractivity contribution in [2.75, 3.05) is 6.54 Å². The number of hydrogen-bond acceptors (Lipinski definition) is 2. The zero-order valence-electron chi connectivity index (χ0n) is 12.0. The van der Waals surface area contributed by atoms with Crippen LogP contribution in [-0.4, -0.2) is 18.5 Å². The SMILES string of the molecule is CC1CCC(NC(=O)c2ccc(C#CCN)cc2)CC1. The Hall–Kier alpha value is -1.79. The van der Waals surface area contributed by atoms with Gasteiger partial charge >= 0.3 is 0 Å². The van der Waals surface area contributed by atoms with Crippen molar-refractivity contribution in [2.24, 2.45) is 11.7 Å². The zero-order chi connectivity index (χ0) is 14.4. The summed E-state index contributed by atoms with van der Waals surface area (Å²) in [6, 6.07) is 7.69. The number of carbonyl (C=O) groups excluding carboxylic acids is 1. The number of benzene rings is 1. The van der Waals surface area contributed by atoms with Gasteiger partial charge in [0.2, 0.25) is 0 Å². The summed E-state index contributed by atoms with van der Waals surface area (Å²) in [4.78, 5) is 12.2. The van der Waals surface area contributed by atoms with Crippen LogP contribution in [0.2, 0.25) is 0 Å². The predicted molar refractivity (Wildman–Crippen MR) is 81.3 cm³/mol. The summed E-state index contributed by atoms with van der Waals surface area (Å²) in [6.07, 6.45) is 4.59. The van der Waals surface area contributed by atoms with Gasteiger partial charge in [-0.25, -0.2) is 0 Å². The van der Waals surface area contributed by atoms with E-state index in [9.17, 15) is 4.79 Å². The molecule has 1 saturated carbocycles. The minimum atomic E-state index is 0.0166. The van der Waals surface area contributed by atoms with Crippen molar-refractivity contribution in [3.8, 4) is 11.8 Å². The molecule has 2 rings (SSSR count). The highest BCUT2D eigenvalue weighted by Crippen LogP contribution is 2.23. The zero-order valence-corrected chi connectivity index (χ0v) is 12.0. The molecule has 1 fully saturated rings. The lowest BCUT2D eigenvalue weighted by Crippen LogP contribution is -2.37. The van der Waals surface area contributed by atoms with Gasteiger partial charge in [0.25, 0.3) is 5.91 Å². The first-order valence-electron chi connectivity index (χ1n) is 7.29. The first-order valence-corrected chi connectivity index (χ1v) is 7.29. The third kappa shape index (κ3) is 4.11. The first kappa shape index (κ1) is 14.6. The summed E-state index contributed by atoms with van der Waals surface area (Å²) < 4.78 is 0. The maximum Gasteiger partial charge on any atom is 0.251 e. The van der Waals surface area contributed by atoms with Crippen molar-refractivity contribution < 1.29 is 4.79 Å². The van der Waals surface area contributed by atoms with E-state index in [0.717, 1.165) is 24.3 Å². The average Bonchev–Trinajstić information content (AvgIpc) is 2.48. The smallest absolute Gasteiger partial charge is 0.251 e. The quantitative estimate of drug-likeness (QED) is 0.810. The summed E-state index contributed by atoms with van der Waals surface area (Å²) in [7, 11) is 0. The molecule has 1 aliphatic carbocycles. The van der Waals surface area contributed by atoms with E-state index in [0.29, 0.717) is 18.2 Å². The molecule has 0 aliphatic heterocycles. The van der Waals surface area contributed by atoms with E-state index in [-0.39, 0.29) is 5.91 Å². The number of nitrogens with one attached hydrogen (secondary N) is 1. The van der Waals surface area contributed by atoms with Crippen LogP contribution in [0.25, 0.3) is 0 Å². The van der Waals surface area contributed by atoms with Gasteiger partial charge in [-0.05, 0) is 55.9 Å². The Balaban J connectivity index is 1.92. The van der Waals surface area contributed by atoms with Crippen molar-refractivity contribution in [1.82, 2.24) is 5.32 Å². The monoisotopic (exact) mass is 270 g/mol. The lowest BCUT2D eigenvalue weighted by Gasteiger charge is -2.26. The van der Waals surface area contributed by atoms with Gasteiger partial charge in [0.15, 0.2) is 0 Å². The summed E-state index contributed by atoms with van der Waals surface area (Å²) in [5, 5.41) is 3.12. The summed E-state index contributed by atoms with van der Waals surface area (Å²) in [5.74, 6) is 6.56. The summed E-state index contributed by atoms with van der Waals surface area (Å²) in [6.45, 7) is 2.63. The van der Waals surface area contributed by atoms with Crippen LogP contribution < -0.4 is 11.1 Å². The Labute approximate surface area is 120 Å². The van der Waals surface area contributed by atoms with E-state index < -0.39 is 0 Å². The van der Waals surface area contributed by atoms with E-state index >= 15 is 0 Å². The molecule has 0 radical (unpaired) electrons. The molecule has 0 unspecified atom stereocenters. The molecule has 0 atom stereocenters. The Bertz CT molecular complexity index is 502. The third-order valence-corrected chi connectivity index (χ3v) is 3.83. The Morgan fingerprint density at radius 1 is 1.25 bits per heavy atom. The molecule has 0 aromatic heterocycles. The molecule has 0 heterocycles. The number of amides is 1. The number of nitrogens with two attached hydrogens (primary N) is 1. The fourth-order valence-corrected chi connectivity index (χ4v) is 2.53. The van der Waals surface area contributed by atoms with E-state index in [4.69, 9.17) is 5.73 Å². The molecule has 0 bridgehead atoms. The Kier molecular flexibility index (Phi) is 5.20. The highest BCUT2D eigenvalue weighted by molar-refractivity contribution is 5.94. The fraction of sp³-hybridized carbons (Fsp3) is 0.471. The van der Waals surface area contributed by atoms with Gasteiger partial charge in [0.05, 0.1) is 6.54 Å². The standard InChI is InChI=1S/C17H22N2O/c1-13-4-10-16(11-5-13)19-17(20)15-8-6-14(7-9-15)3-2-12-18/h6-9,13,16H,4-5,10-12,18H2,1H3,(H,19,20). The maximum atomic E-state index is 12.2. The number of hydrogen-bond donors (Lipinski definition) is 2. The highest BCUT2D eigenvalue weighted by atomic mass is 16.1. The van der Waals surface area contributed by atoms with Crippen LogP contribution in [0.3, 0.4) is 0 Å². The molecule has 20 heavy (non-hydrogen) atoms. The highest BCUT2D eigenvalue weighted by Gasteiger charge is 2.20. The molecule has 3 heteroatoms. The first-order chi connectivity index (χ1) is 9.69. The molecular formula is C17H22N2O. The van der Waals surface area contributed by atoms with Crippen molar-refractivity contribution in [2.45, 2.75) is 38.6 Å². The molecule has 1 amide bonds. The van der Waals surface area contributed by atoms with Gasteiger partial charge in [-0.15, -0.1) is 0 Å². The van der Waals surface area contributed by atoms with Gasteiger partial charge < -0.3 is 11.1 Å². The van der Waals surface area contributed by atoms with Crippen molar-refractivity contribution in [3.63, 3.8) is 0 Å². The van der Waals surface area contributed by atoms with Crippen molar-refractivity contribution in [1.29, 1.82) is 0 Å². The largest absolute Gasteiger partial charge is 0.349 e. The van der Waals surface area contributed by atoms with Crippen LogP contribution in [0.5, 0.6) is 0 Å². The van der Waals surface area contributed by atoms with Gasteiger partial charge in [-0.2, -0.15) is 0 Å². The molecule has 1 aromatic rings. The van der Waals surface area contributed by atoms with Crippen molar-refractivity contribution in [3.05, 3.63) is 35.4 Å². The lowest BCUT2D eigenvalue weighted by atomic mass is 9.87. The minimum absolute atomic E-state index is 0.0166. The van der Waals surface area contributed by atoms with Crippen LogP contribution in [0.15, 0.2) is 24.3 Å². The van der Waals surface area contributed by atoms with Gasteiger partial charge in [0.1, 0.15) is 0 Å². The van der Waals surface area contributed by atoms with E-state index in [2.05, 4.69) is 24.1 Å². The Morgan fingerprint density at radius 3 is 2.50 bits per heavy atom. The van der Waals surface area contributed by atoms with Crippen LogP contribution in [0.1, 0.15) is 48.5 Å². The average molecular weight is 270 g/mol. The second-order valence-electron chi connectivity index (χ2n) is 5.51.